The Labute approximate surface area is 91.3 Å². The second-order valence-electron chi connectivity index (χ2n) is 3.85. The molecular formula is C13H19FO. The van der Waals surface area contributed by atoms with Crippen LogP contribution in [0.4, 0.5) is 4.39 Å². The fourth-order valence-electron chi connectivity index (χ4n) is 1.45. The molecule has 1 rings (SSSR count). The number of ether oxygens (including phenoxy) is 1. The molecule has 1 aromatic carbocycles. The molecule has 0 amide bonds. The van der Waals surface area contributed by atoms with Gasteiger partial charge in [0.25, 0.3) is 0 Å². The van der Waals surface area contributed by atoms with E-state index in [9.17, 15) is 4.39 Å². The Hall–Kier alpha value is -0.890. The Balaban J connectivity index is 2.33. The minimum atomic E-state index is -0.170. The average molecular weight is 210 g/mol. The molecule has 15 heavy (non-hydrogen) atoms. The van der Waals surface area contributed by atoms with Crippen LogP contribution in [0.5, 0.6) is 0 Å². The maximum atomic E-state index is 13.3. The predicted molar refractivity (Wildman–Crippen MR) is 60.3 cm³/mol. The van der Waals surface area contributed by atoms with E-state index in [1.54, 1.807) is 6.07 Å². The molecule has 0 aliphatic heterocycles. The van der Waals surface area contributed by atoms with Crippen molar-refractivity contribution in [1.29, 1.82) is 0 Å². The fraction of sp³-hybridized carbons (Fsp3) is 0.538. The van der Waals surface area contributed by atoms with E-state index in [0.717, 1.165) is 18.6 Å². The van der Waals surface area contributed by atoms with Crippen molar-refractivity contribution >= 4 is 0 Å². The summed E-state index contributed by atoms with van der Waals surface area (Å²) in [5, 5.41) is 0. The van der Waals surface area contributed by atoms with Crippen LogP contribution < -0.4 is 0 Å². The molecule has 2 heteroatoms. The summed E-state index contributed by atoms with van der Waals surface area (Å²) in [5.74, 6) is -0.170. The van der Waals surface area contributed by atoms with Crippen molar-refractivity contribution < 1.29 is 9.13 Å². The number of halogens is 1. The van der Waals surface area contributed by atoms with Crippen molar-refractivity contribution in [2.24, 2.45) is 0 Å². The molecule has 0 saturated heterocycles. The Kier molecular flexibility index (Phi) is 5.33. The lowest BCUT2D eigenvalue weighted by Gasteiger charge is -2.06. The quantitative estimate of drug-likeness (QED) is 0.648. The van der Waals surface area contributed by atoms with Gasteiger partial charge >= 0.3 is 0 Å². The van der Waals surface area contributed by atoms with E-state index < -0.39 is 0 Å². The molecule has 0 saturated carbocycles. The van der Waals surface area contributed by atoms with E-state index in [2.05, 4.69) is 6.92 Å². The van der Waals surface area contributed by atoms with E-state index in [0.29, 0.717) is 12.2 Å². The van der Waals surface area contributed by atoms with Crippen LogP contribution in [0, 0.1) is 12.7 Å². The number of hydrogen-bond donors (Lipinski definition) is 0. The summed E-state index contributed by atoms with van der Waals surface area (Å²) in [7, 11) is 0. The van der Waals surface area contributed by atoms with Crippen molar-refractivity contribution in [2.45, 2.75) is 39.7 Å². The molecule has 0 spiro atoms. The van der Waals surface area contributed by atoms with Gasteiger partial charge in [-0.25, -0.2) is 4.39 Å². The van der Waals surface area contributed by atoms with Gasteiger partial charge in [0.2, 0.25) is 0 Å². The van der Waals surface area contributed by atoms with Crippen LogP contribution >= 0.6 is 0 Å². The largest absolute Gasteiger partial charge is 0.377 e. The van der Waals surface area contributed by atoms with Crippen molar-refractivity contribution in [3.63, 3.8) is 0 Å². The summed E-state index contributed by atoms with van der Waals surface area (Å²) in [4.78, 5) is 0. The van der Waals surface area contributed by atoms with Gasteiger partial charge in [-0.1, -0.05) is 37.5 Å². The Morgan fingerprint density at radius 1 is 1.27 bits per heavy atom. The van der Waals surface area contributed by atoms with Gasteiger partial charge in [-0.05, 0) is 19.4 Å². The third-order valence-electron chi connectivity index (χ3n) is 2.35. The number of unbranched alkanes of at least 4 members (excludes halogenated alkanes) is 2. The summed E-state index contributed by atoms with van der Waals surface area (Å²) < 4.78 is 18.7. The highest BCUT2D eigenvalue weighted by Gasteiger charge is 2.01. The standard InChI is InChI=1S/C13H19FO/c1-3-4-5-8-15-10-12-9-11(2)6-7-13(12)14/h6-7,9H,3-5,8,10H2,1-2H3. The first-order chi connectivity index (χ1) is 7.24. The topological polar surface area (TPSA) is 9.23 Å². The molecule has 0 atom stereocenters. The van der Waals surface area contributed by atoms with Crippen molar-refractivity contribution in [3.05, 3.63) is 35.1 Å². The first kappa shape index (κ1) is 12.2. The van der Waals surface area contributed by atoms with Gasteiger partial charge < -0.3 is 4.74 Å². The lowest BCUT2D eigenvalue weighted by molar-refractivity contribution is 0.114. The van der Waals surface area contributed by atoms with Gasteiger partial charge in [0, 0.05) is 12.2 Å². The Morgan fingerprint density at radius 2 is 2.07 bits per heavy atom. The highest BCUT2D eigenvalue weighted by Crippen LogP contribution is 2.11. The van der Waals surface area contributed by atoms with Gasteiger partial charge in [-0.15, -0.1) is 0 Å². The normalized spacial score (nSPS) is 10.6. The molecule has 84 valence electrons. The van der Waals surface area contributed by atoms with E-state index in [4.69, 9.17) is 4.74 Å². The highest BCUT2D eigenvalue weighted by atomic mass is 19.1. The summed E-state index contributed by atoms with van der Waals surface area (Å²) in [5.41, 5.74) is 1.73. The fourth-order valence-corrected chi connectivity index (χ4v) is 1.45. The third-order valence-corrected chi connectivity index (χ3v) is 2.35. The first-order valence-corrected chi connectivity index (χ1v) is 5.57. The van der Waals surface area contributed by atoms with Gasteiger partial charge in [-0.3, -0.25) is 0 Å². The number of rotatable bonds is 6. The maximum absolute atomic E-state index is 13.3. The molecule has 1 aromatic rings. The zero-order chi connectivity index (χ0) is 11.1. The van der Waals surface area contributed by atoms with Gasteiger partial charge in [0.05, 0.1) is 6.61 Å². The number of aryl methyl sites for hydroxylation is 1. The van der Waals surface area contributed by atoms with Gasteiger partial charge in [-0.2, -0.15) is 0 Å². The zero-order valence-corrected chi connectivity index (χ0v) is 9.55. The average Bonchev–Trinajstić information content (AvgIpc) is 2.23. The van der Waals surface area contributed by atoms with Crippen molar-refractivity contribution in [1.82, 2.24) is 0 Å². The van der Waals surface area contributed by atoms with Crippen LogP contribution in [0.15, 0.2) is 18.2 Å². The molecule has 0 fully saturated rings. The van der Waals surface area contributed by atoms with Crippen molar-refractivity contribution in [2.75, 3.05) is 6.61 Å². The van der Waals surface area contributed by atoms with Crippen LogP contribution in [0.2, 0.25) is 0 Å². The summed E-state index contributed by atoms with van der Waals surface area (Å²) in [6.07, 6.45) is 3.42. The Morgan fingerprint density at radius 3 is 2.80 bits per heavy atom. The first-order valence-electron chi connectivity index (χ1n) is 5.57. The molecular weight excluding hydrogens is 191 g/mol. The number of hydrogen-bond acceptors (Lipinski definition) is 1. The maximum Gasteiger partial charge on any atom is 0.128 e. The van der Waals surface area contributed by atoms with Crippen LogP contribution in [0.3, 0.4) is 0 Å². The Bertz CT molecular complexity index is 297. The van der Waals surface area contributed by atoms with Crippen LogP contribution in [-0.4, -0.2) is 6.61 Å². The molecule has 0 aromatic heterocycles. The second kappa shape index (κ2) is 6.57. The van der Waals surface area contributed by atoms with Crippen LogP contribution in [0.1, 0.15) is 37.3 Å². The van der Waals surface area contributed by atoms with E-state index in [1.807, 2.05) is 13.0 Å². The van der Waals surface area contributed by atoms with E-state index >= 15 is 0 Å². The SMILES string of the molecule is CCCCCOCc1cc(C)ccc1F. The molecule has 0 N–H and O–H groups in total. The third kappa shape index (κ3) is 4.43. The number of benzene rings is 1. The molecule has 0 aliphatic carbocycles. The van der Waals surface area contributed by atoms with E-state index in [-0.39, 0.29) is 5.82 Å². The smallest absolute Gasteiger partial charge is 0.128 e. The molecule has 0 heterocycles. The van der Waals surface area contributed by atoms with E-state index in [1.165, 1.54) is 18.9 Å². The molecule has 0 radical (unpaired) electrons. The highest BCUT2D eigenvalue weighted by molar-refractivity contribution is 5.23. The molecule has 0 unspecified atom stereocenters. The molecule has 0 aliphatic rings. The molecule has 0 bridgehead atoms. The van der Waals surface area contributed by atoms with Crippen molar-refractivity contribution in [3.8, 4) is 0 Å². The van der Waals surface area contributed by atoms with Crippen LogP contribution in [-0.2, 0) is 11.3 Å². The summed E-state index contributed by atoms with van der Waals surface area (Å²) >= 11 is 0. The van der Waals surface area contributed by atoms with Gasteiger partial charge in [0.1, 0.15) is 5.82 Å². The minimum absolute atomic E-state index is 0.170. The monoisotopic (exact) mass is 210 g/mol. The minimum Gasteiger partial charge on any atom is -0.377 e. The lowest BCUT2D eigenvalue weighted by atomic mass is 10.1. The van der Waals surface area contributed by atoms with Crippen LogP contribution in [0.25, 0.3) is 0 Å². The lowest BCUT2D eigenvalue weighted by Crippen LogP contribution is -1.98. The summed E-state index contributed by atoms with van der Waals surface area (Å²) in [6, 6.07) is 5.12. The van der Waals surface area contributed by atoms with Gasteiger partial charge in [0.15, 0.2) is 0 Å². The molecule has 1 nitrogen and oxygen atoms in total. The second-order valence-corrected chi connectivity index (χ2v) is 3.85. The zero-order valence-electron chi connectivity index (χ0n) is 9.55. The summed E-state index contributed by atoms with van der Waals surface area (Å²) in [6.45, 7) is 5.22. The predicted octanol–water partition coefficient (Wildman–Crippen LogP) is 3.84.